The fourth-order valence-corrected chi connectivity index (χ4v) is 3.93. The second-order valence-corrected chi connectivity index (χ2v) is 8.43. The largest absolute Gasteiger partial charge is 0.508 e. The highest BCUT2D eigenvalue weighted by atomic mass is 16.5. The van der Waals surface area contributed by atoms with Crippen LogP contribution in [0.25, 0.3) is 22.5 Å². The standard InChI is InChI=1S/C24H29N3O3/c1-16(2)19-12-20(23(29)13-22(19)28)24-21(14-25-30-24)18-6-4-17(5-7-18)15-27-10-8-26(3)9-11-27/h4-7,12-14,16,28-29H,8-11,15H2,1-3H3. The summed E-state index contributed by atoms with van der Waals surface area (Å²) in [6.07, 6.45) is 1.67. The Morgan fingerprint density at radius 3 is 2.33 bits per heavy atom. The molecule has 0 atom stereocenters. The van der Waals surface area contributed by atoms with E-state index in [1.807, 2.05) is 13.8 Å². The Morgan fingerprint density at radius 2 is 1.67 bits per heavy atom. The molecule has 2 heterocycles. The Hall–Kier alpha value is -2.83. The molecule has 1 saturated heterocycles. The molecule has 1 fully saturated rings. The highest BCUT2D eigenvalue weighted by molar-refractivity contribution is 5.82. The number of phenolic OH excluding ortho intramolecular Hbond substituents is 2. The summed E-state index contributed by atoms with van der Waals surface area (Å²) in [5.41, 5.74) is 4.36. The van der Waals surface area contributed by atoms with Gasteiger partial charge in [-0.05, 0) is 35.7 Å². The molecule has 0 aliphatic carbocycles. The van der Waals surface area contributed by atoms with Crippen LogP contribution in [-0.2, 0) is 6.54 Å². The van der Waals surface area contributed by atoms with E-state index in [1.54, 1.807) is 12.3 Å². The minimum absolute atomic E-state index is 0.0263. The molecule has 0 spiro atoms. The number of rotatable bonds is 5. The highest BCUT2D eigenvalue weighted by Crippen LogP contribution is 2.41. The Bertz CT molecular complexity index is 1000. The summed E-state index contributed by atoms with van der Waals surface area (Å²) in [5.74, 6) is 0.674. The molecule has 0 amide bonds. The molecule has 6 heteroatoms. The van der Waals surface area contributed by atoms with Gasteiger partial charge >= 0.3 is 0 Å². The van der Waals surface area contributed by atoms with Gasteiger partial charge in [0.15, 0.2) is 5.76 Å². The van der Waals surface area contributed by atoms with Crippen LogP contribution < -0.4 is 0 Å². The van der Waals surface area contributed by atoms with Crippen molar-refractivity contribution in [2.24, 2.45) is 0 Å². The van der Waals surface area contributed by atoms with Crippen molar-refractivity contribution < 1.29 is 14.7 Å². The quantitative estimate of drug-likeness (QED) is 0.657. The topological polar surface area (TPSA) is 73.0 Å². The Kier molecular flexibility index (Phi) is 5.79. The molecule has 4 rings (SSSR count). The molecule has 0 saturated carbocycles. The second kappa shape index (κ2) is 8.50. The number of hydrogen-bond donors (Lipinski definition) is 2. The molecule has 0 radical (unpaired) electrons. The number of nitrogens with zero attached hydrogens (tertiary/aromatic N) is 3. The van der Waals surface area contributed by atoms with Crippen molar-refractivity contribution in [2.75, 3.05) is 33.2 Å². The van der Waals surface area contributed by atoms with Crippen LogP contribution in [0.15, 0.2) is 47.1 Å². The molecular weight excluding hydrogens is 378 g/mol. The van der Waals surface area contributed by atoms with E-state index in [4.69, 9.17) is 4.52 Å². The maximum Gasteiger partial charge on any atom is 0.178 e. The van der Waals surface area contributed by atoms with Gasteiger partial charge in [0.2, 0.25) is 0 Å². The van der Waals surface area contributed by atoms with Gasteiger partial charge in [-0.2, -0.15) is 0 Å². The fraction of sp³-hybridized carbons (Fsp3) is 0.375. The lowest BCUT2D eigenvalue weighted by atomic mass is 9.95. The zero-order chi connectivity index (χ0) is 21.3. The van der Waals surface area contributed by atoms with Crippen LogP contribution in [0.4, 0.5) is 0 Å². The van der Waals surface area contributed by atoms with Gasteiger partial charge in [-0.1, -0.05) is 43.3 Å². The van der Waals surface area contributed by atoms with Gasteiger partial charge < -0.3 is 19.6 Å². The van der Waals surface area contributed by atoms with Crippen LogP contribution in [0.5, 0.6) is 11.5 Å². The summed E-state index contributed by atoms with van der Waals surface area (Å²) < 4.78 is 5.52. The third kappa shape index (κ3) is 4.20. The number of benzene rings is 2. The van der Waals surface area contributed by atoms with Gasteiger partial charge in [0.1, 0.15) is 11.5 Å². The lowest BCUT2D eigenvalue weighted by molar-refractivity contribution is 0.148. The molecule has 1 aliphatic rings. The van der Waals surface area contributed by atoms with Crippen molar-refractivity contribution in [3.8, 4) is 33.9 Å². The predicted octanol–water partition coefficient (Wildman–Crippen LogP) is 4.29. The van der Waals surface area contributed by atoms with Gasteiger partial charge in [0.25, 0.3) is 0 Å². The predicted molar refractivity (Wildman–Crippen MR) is 118 cm³/mol. The third-order valence-electron chi connectivity index (χ3n) is 5.85. The molecule has 30 heavy (non-hydrogen) atoms. The summed E-state index contributed by atoms with van der Waals surface area (Å²) in [6.45, 7) is 9.33. The van der Waals surface area contributed by atoms with Gasteiger partial charge in [-0.3, -0.25) is 4.90 Å². The van der Waals surface area contributed by atoms with E-state index >= 15 is 0 Å². The molecule has 1 aliphatic heterocycles. The van der Waals surface area contributed by atoms with Crippen LogP contribution in [0, 0.1) is 0 Å². The zero-order valence-corrected chi connectivity index (χ0v) is 17.8. The Balaban J connectivity index is 1.59. The number of hydrogen-bond acceptors (Lipinski definition) is 6. The van der Waals surface area contributed by atoms with E-state index in [9.17, 15) is 10.2 Å². The molecule has 3 aromatic rings. The average molecular weight is 408 g/mol. The SMILES string of the molecule is CC(C)c1cc(-c2oncc2-c2ccc(CN3CCN(C)CC3)cc2)c(O)cc1O. The van der Waals surface area contributed by atoms with E-state index in [2.05, 4.69) is 46.3 Å². The van der Waals surface area contributed by atoms with Crippen LogP contribution in [0.3, 0.4) is 0 Å². The monoisotopic (exact) mass is 407 g/mol. The zero-order valence-electron chi connectivity index (χ0n) is 17.8. The Morgan fingerprint density at radius 1 is 0.967 bits per heavy atom. The number of piperazine rings is 1. The number of phenols is 2. The van der Waals surface area contributed by atoms with E-state index in [0.29, 0.717) is 11.3 Å². The first-order chi connectivity index (χ1) is 14.4. The summed E-state index contributed by atoms with van der Waals surface area (Å²) in [4.78, 5) is 4.83. The molecule has 2 aromatic carbocycles. The van der Waals surface area contributed by atoms with Crippen molar-refractivity contribution >= 4 is 0 Å². The van der Waals surface area contributed by atoms with Crippen molar-refractivity contribution in [3.05, 3.63) is 53.7 Å². The first-order valence-electron chi connectivity index (χ1n) is 10.4. The molecule has 158 valence electrons. The fourth-order valence-electron chi connectivity index (χ4n) is 3.93. The van der Waals surface area contributed by atoms with Crippen LogP contribution in [0.2, 0.25) is 0 Å². The average Bonchev–Trinajstić information content (AvgIpc) is 3.19. The van der Waals surface area contributed by atoms with Gasteiger partial charge in [-0.15, -0.1) is 0 Å². The Labute approximate surface area is 177 Å². The van der Waals surface area contributed by atoms with Crippen LogP contribution >= 0.6 is 0 Å². The summed E-state index contributed by atoms with van der Waals surface area (Å²) >= 11 is 0. The van der Waals surface area contributed by atoms with Crippen LogP contribution in [0.1, 0.15) is 30.9 Å². The smallest absolute Gasteiger partial charge is 0.178 e. The lowest BCUT2D eigenvalue weighted by Gasteiger charge is -2.32. The van der Waals surface area contributed by atoms with Gasteiger partial charge in [0.05, 0.1) is 11.8 Å². The van der Waals surface area contributed by atoms with Gasteiger partial charge in [-0.25, -0.2) is 0 Å². The summed E-state index contributed by atoms with van der Waals surface area (Å²) in [7, 11) is 2.17. The van der Waals surface area contributed by atoms with E-state index in [0.717, 1.165) is 49.4 Å². The minimum atomic E-state index is -0.0263. The van der Waals surface area contributed by atoms with Crippen molar-refractivity contribution in [1.29, 1.82) is 0 Å². The molecule has 1 aromatic heterocycles. The maximum atomic E-state index is 10.4. The van der Waals surface area contributed by atoms with Crippen LogP contribution in [-0.4, -0.2) is 58.4 Å². The van der Waals surface area contributed by atoms with Crippen molar-refractivity contribution in [2.45, 2.75) is 26.3 Å². The number of likely N-dealkylation sites (N-methyl/N-ethyl adjacent to an activating group) is 1. The lowest BCUT2D eigenvalue weighted by Crippen LogP contribution is -2.43. The highest BCUT2D eigenvalue weighted by Gasteiger charge is 2.20. The van der Waals surface area contributed by atoms with E-state index in [1.165, 1.54) is 11.6 Å². The second-order valence-electron chi connectivity index (χ2n) is 8.43. The van der Waals surface area contributed by atoms with E-state index < -0.39 is 0 Å². The summed E-state index contributed by atoms with van der Waals surface area (Å²) in [6, 6.07) is 11.6. The normalized spacial score (nSPS) is 15.7. The van der Waals surface area contributed by atoms with Crippen molar-refractivity contribution in [1.82, 2.24) is 15.0 Å². The molecule has 6 nitrogen and oxygen atoms in total. The van der Waals surface area contributed by atoms with Gasteiger partial charge in [0, 0.05) is 44.4 Å². The van der Waals surface area contributed by atoms with E-state index in [-0.39, 0.29) is 17.4 Å². The number of aromatic nitrogens is 1. The summed E-state index contributed by atoms with van der Waals surface area (Å²) in [5, 5.41) is 24.5. The number of aromatic hydroxyl groups is 2. The molecule has 0 bridgehead atoms. The molecular formula is C24H29N3O3. The third-order valence-corrected chi connectivity index (χ3v) is 5.85. The first kappa shape index (κ1) is 20.4. The molecule has 0 unspecified atom stereocenters. The molecule has 2 N–H and O–H groups in total. The maximum absolute atomic E-state index is 10.4. The first-order valence-corrected chi connectivity index (χ1v) is 10.4. The van der Waals surface area contributed by atoms with Crippen molar-refractivity contribution in [3.63, 3.8) is 0 Å². The minimum Gasteiger partial charge on any atom is -0.508 e.